The van der Waals surface area contributed by atoms with Gasteiger partial charge in [-0.05, 0) is 19.1 Å². The van der Waals surface area contributed by atoms with E-state index in [2.05, 4.69) is 5.16 Å². The van der Waals surface area contributed by atoms with Gasteiger partial charge in [0.1, 0.15) is 23.0 Å². The molecule has 0 bridgehead atoms. The van der Waals surface area contributed by atoms with Gasteiger partial charge in [-0.1, -0.05) is 34.4 Å². The molecule has 4 nitrogen and oxygen atoms in total. The van der Waals surface area contributed by atoms with Gasteiger partial charge in [-0.15, -0.1) is 0 Å². The molecule has 0 amide bonds. The first-order valence-electron chi connectivity index (χ1n) is 5.85. The molecule has 1 saturated carbocycles. The molecule has 1 aromatic rings. The average molecular weight is 300 g/mol. The molecule has 1 N–H and O–H groups in total. The monoisotopic (exact) mass is 299 g/mol. The van der Waals surface area contributed by atoms with Crippen LogP contribution in [0, 0.1) is 5.92 Å². The molecule has 6 heteroatoms. The molecule has 100 valence electrons. The van der Waals surface area contributed by atoms with Gasteiger partial charge in [-0.3, -0.25) is 4.79 Å². The highest BCUT2D eigenvalue weighted by molar-refractivity contribution is 6.41. The van der Waals surface area contributed by atoms with Crippen LogP contribution in [0.5, 0.6) is 0 Å². The van der Waals surface area contributed by atoms with Gasteiger partial charge in [0, 0.05) is 12.0 Å². The van der Waals surface area contributed by atoms with Crippen molar-refractivity contribution in [1.29, 1.82) is 0 Å². The van der Waals surface area contributed by atoms with Gasteiger partial charge in [0.05, 0.1) is 10.0 Å². The lowest BCUT2D eigenvalue weighted by atomic mass is 9.91. The zero-order chi connectivity index (χ0) is 13.8. The van der Waals surface area contributed by atoms with Crippen LogP contribution in [0.15, 0.2) is 23.4 Å². The van der Waals surface area contributed by atoms with Crippen molar-refractivity contribution in [1.82, 2.24) is 0 Å². The number of rotatable bonds is 1. The van der Waals surface area contributed by atoms with E-state index in [1.54, 1.807) is 25.1 Å². The Bertz CT molecular complexity index is 577. The maximum absolute atomic E-state index is 12.1. The number of ketones is 1. The van der Waals surface area contributed by atoms with Crippen LogP contribution in [0.4, 0.5) is 0 Å². The Morgan fingerprint density at radius 1 is 1.42 bits per heavy atom. The number of aliphatic hydroxyl groups is 1. The van der Waals surface area contributed by atoms with Crippen LogP contribution in [0.2, 0.25) is 10.0 Å². The molecule has 1 heterocycles. The normalized spacial score (nSPS) is 33.1. The van der Waals surface area contributed by atoms with Crippen molar-refractivity contribution in [3.63, 3.8) is 0 Å². The largest absolute Gasteiger partial charge is 0.388 e. The van der Waals surface area contributed by atoms with Gasteiger partial charge in [0.2, 0.25) is 0 Å². The first kappa shape index (κ1) is 12.9. The van der Waals surface area contributed by atoms with Crippen molar-refractivity contribution in [2.24, 2.45) is 11.1 Å². The summed E-state index contributed by atoms with van der Waals surface area (Å²) in [6.07, 6.45) is -0.619. The van der Waals surface area contributed by atoms with Gasteiger partial charge >= 0.3 is 0 Å². The number of hydrogen-bond acceptors (Lipinski definition) is 4. The van der Waals surface area contributed by atoms with Crippen LogP contribution in [0.3, 0.4) is 0 Å². The number of hydrogen-bond donors (Lipinski definition) is 1. The van der Waals surface area contributed by atoms with Crippen LogP contribution in [0.1, 0.15) is 18.9 Å². The first-order chi connectivity index (χ1) is 8.92. The van der Waals surface area contributed by atoms with Crippen molar-refractivity contribution in [3.05, 3.63) is 33.8 Å². The summed E-state index contributed by atoms with van der Waals surface area (Å²) in [6, 6.07) is 5.07. The van der Waals surface area contributed by atoms with Crippen LogP contribution in [-0.2, 0) is 9.63 Å². The summed E-state index contributed by atoms with van der Waals surface area (Å²) >= 11 is 12.2. The molecule has 0 unspecified atom stereocenters. The van der Waals surface area contributed by atoms with Crippen molar-refractivity contribution >= 4 is 34.7 Å². The van der Waals surface area contributed by atoms with Crippen molar-refractivity contribution in [2.45, 2.75) is 25.0 Å². The number of carbonyl (C=O) groups excluding carboxylic acids is 1. The Morgan fingerprint density at radius 2 is 2.05 bits per heavy atom. The van der Waals surface area contributed by atoms with E-state index in [-0.39, 0.29) is 12.2 Å². The quantitative estimate of drug-likeness (QED) is 0.866. The van der Waals surface area contributed by atoms with Gasteiger partial charge < -0.3 is 9.94 Å². The molecule has 1 fully saturated rings. The number of nitrogens with zero attached hydrogens (tertiary/aromatic N) is 1. The van der Waals surface area contributed by atoms with E-state index in [9.17, 15) is 9.90 Å². The number of halogens is 2. The molecule has 0 spiro atoms. The molecular formula is C13H11Cl2NO3. The number of oxime groups is 1. The fourth-order valence-electron chi connectivity index (χ4n) is 2.68. The summed E-state index contributed by atoms with van der Waals surface area (Å²) < 4.78 is 0. The molecule has 1 aromatic carbocycles. The van der Waals surface area contributed by atoms with E-state index in [0.717, 1.165) is 0 Å². The molecular weight excluding hydrogens is 289 g/mol. The van der Waals surface area contributed by atoms with Crippen LogP contribution in [0.25, 0.3) is 0 Å². The SMILES string of the molecule is C[C@]1(O)CC(=O)[C@@H]2C(c3c(Cl)cccc3Cl)=NO[C@@H]21. The first-order valence-corrected chi connectivity index (χ1v) is 6.60. The fourth-order valence-corrected chi connectivity index (χ4v) is 3.27. The summed E-state index contributed by atoms with van der Waals surface area (Å²) in [5.41, 5.74) is -0.298. The number of Topliss-reactive ketones (excluding diaryl/α,β-unsaturated/α-hetero) is 1. The number of carbonyl (C=O) groups is 1. The maximum Gasteiger partial charge on any atom is 0.171 e. The highest BCUT2D eigenvalue weighted by atomic mass is 35.5. The van der Waals surface area contributed by atoms with E-state index in [4.69, 9.17) is 28.0 Å². The van der Waals surface area contributed by atoms with E-state index < -0.39 is 17.6 Å². The van der Waals surface area contributed by atoms with Gasteiger partial charge in [0.25, 0.3) is 0 Å². The van der Waals surface area contributed by atoms with Gasteiger partial charge in [-0.2, -0.15) is 0 Å². The summed E-state index contributed by atoms with van der Waals surface area (Å²) in [6.45, 7) is 1.57. The Balaban J connectivity index is 2.07. The average Bonchev–Trinajstić information content (AvgIpc) is 2.81. The predicted octanol–water partition coefficient (Wildman–Crippen LogP) is 2.44. The maximum atomic E-state index is 12.1. The summed E-state index contributed by atoms with van der Waals surface area (Å²) in [5, 5.41) is 14.9. The van der Waals surface area contributed by atoms with Crippen LogP contribution >= 0.6 is 23.2 Å². The molecule has 1 aliphatic carbocycles. The van der Waals surface area contributed by atoms with Crippen LogP contribution < -0.4 is 0 Å². The smallest absolute Gasteiger partial charge is 0.171 e. The Kier molecular flexibility index (Phi) is 2.85. The minimum atomic E-state index is -1.21. The summed E-state index contributed by atoms with van der Waals surface area (Å²) in [4.78, 5) is 17.3. The second kappa shape index (κ2) is 4.20. The lowest BCUT2D eigenvalue weighted by Crippen LogP contribution is -2.37. The predicted molar refractivity (Wildman–Crippen MR) is 71.6 cm³/mol. The number of benzene rings is 1. The van der Waals surface area contributed by atoms with Crippen molar-refractivity contribution < 1.29 is 14.7 Å². The van der Waals surface area contributed by atoms with Gasteiger partial charge in [-0.25, -0.2) is 0 Å². The van der Waals surface area contributed by atoms with Crippen LogP contribution in [-0.4, -0.2) is 28.3 Å². The van der Waals surface area contributed by atoms with E-state index in [1.165, 1.54) is 0 Å². The lowest BCUT2D eigenvalue weighted by Gasteiger charge is -2.21. The topological polar surface area (TPSA) is 58.9 Å². The molecule has 1 aliphatic heterocycles. The highest BCUT2D eigenvalue weighted by Gasteiger charge is 2.57. The zero-order valence-corrected chi connectivity index (χ0v) is 11.6. The standard InChI is InChI=1S/C13H11Cl2NO3/c1-13(18)5-8(17)10-11(16-19-12(10)13)9-6(14)3-2-4-7(9)15/h2-4,10,12,18H,5H2,1H3/t10-,12+,13+/m1/s1. The Labute approximate surface area is 119 Å². The van der Waals surface area contributed by atoms with Crippen molar-refractivity contribution in [2.75, 3.05) is 0 Å². The third-order valence-corrected chi connectivity index (χ3v) is 4.20. The molecule has 3 rings (SSSR count). The molecule has 0 radical (unpaired) electrons. The lowest BCUT2D eigenvalue weighted by molar-refractivity contribution is -0.119. The molecule has 0 aromatic heterocycles. The van der Waals surface area contributed by atoms with Crippen molar-refractivity contribution in [3.8, 4) is 0 Å². The number of fused-ring (bicyclic) bond motifs is 1. The second-order valence-corrected chi connectivity index (χ2v) is 5.89. The second-order valence-electron chi connectivity index (χ2n) is 5.08. The Hall–Kier alpha value is -1.10. The van der Waals surface area contributed by atoms with E-state index >= 15 is 0 Å². The zero-order valence-electron chi connectivity index (χ0n) is 10.1. The molecule has 0 saturated heterocycles. The third kappa shape index (κ3) is 1.86. The Morgan fingerprint density at radius 3 is 2.68 bits per heavy atom. The third-order valence-electron chi connectivity index (χ3n) is 3.57. The highest BCUT2D eigenvalue weighted by Crippen LogP contribution is 2.42. The summed E-state index contributed by atoms with van der Waals surface area (Å²) in [7, 11) is 0. The minimum absolute atomic E-state index is 0.0451. The van der Waals surface area contributed by atoms with E-state index in [0.29, 0.717) is 21.3 Å². The molecule has 2 aliphatic rings. The fraction of sp³-hybridized carbons (Fsp3) is 0.385. The molecule has 3 atom stereocenters. The summed E-state index contributed by atoms with van der Waals surface area (Å²) in [5.74, 6) is -0.713. The van der Waals surface area contributed by atoms with E-state index in [1.807, 2.05) is 0 Å². The molecule has 19 heavy (non-hydrogen) atoms. The minimum Gasteiger partial charge on any atom is -0.388 e. The van der Waals surface area contributed by atoms with Gasteiger partial charge in [0.15, 0.2) is 6.10 Å².